The van der Waals surface area contributed by atoms with Gasteiger partial charge in [0.1, 0.15) is 5.75 Å². The number of benzene rings is 2. The number of nitrogens with one attached hydrogen (secondary N) is 1. The molecule has 9 nitrogen and oxygen atoms in total. The molecule has 0 spiro atoms. The number of hydrogen-bond donors (Lipinski definition) is 2. The topological polar surface area (TPSA) is 118 Å². The Bertz CT molecular complexity index is 1600. The van der Waals surface area contributed by atoms with Gasteiger partial charge < -0.3 is 14.4 Å². The zero-order valence-electron chi connectivity index (χ0n) is 24.2. The monoisotopic (exact) mass is 581 g/mol. The first-order valence-electron chi connectivity index (χ1n) is 14.3. The van der Waals surface area contributed by atoms with E-state index in [0.29, 0.717) is 13.1 Å². The van der Waals surface area contributed by atoms with Crippen LogP contribution in [0.3, 0.4) is 0 Å². The van der Waals surface area contributed by atoms with Crippen LogP contribution in [0.4, 0.5) is 0 Å². The van der Waals surface area contributed by atoms with Crippen LogP contribution in [0.2, 0.25) is 0 Å². The zero-order chi connectivity index (χ0) is 29.5. The molecule has 2 aromatic carbocycles. The Labute approximate surface area is 241 Å². The van der Waals surface area contributed by atoms with Crippen LogP contribution in [0.1, 0.15) is 79.8 Å². The fourth-order valence-corrected chi connectivity index (χ4v) is 7.26. The van der Waals surface area contributed by atoms with Crippen molar-refractivity contribution in [3.8, 4) is 17.0 Å². The van der Waals surface area contributed by atoms with Crippen molar-refractivity contribution in [2.45, 2.75) is 71.8 Å². The molecule has 1 saturated carbocycles. The molecule has 220 valence electrons. The van der Waals surface area contributed by atoms with Gasteiger partial charge in [-0.1, -0.05) is 25.3 Å². The summed E-state index contributed by atoms with van der Waals surface area (Å²) in [4.78, 5) is 25.5. The third-order valence-electron chi connectivity index (χ3n) is 8.58. The summed E-state index contributed by atoms with van der Waals surface area (Å²) < 4.78 is 36.2. The molecular weight excluding hydrogens is 542 g/mol. The van der Waals surface area contributed by atoms with Crippen LogP contribution in [-0.2, 0) is 21.5 Å². The lowest BCUT2D eigenvalue weighted by molar-refractivity contribution is -0.147. The van der Waals surface area contributed by atoms with E-state index in [1.54, 1.807) is 33.1 Å². The number of aromatic nitrogens is 1. The van der Waals surface area contributed by atoms with Crippen LogP contribution in [0, 0.1) is 12.3 Å². The smallest absolute Gasteiger partial charge is 0.310 e. The van der Waals surface area contributed by atoms with E-state index >= 15 is 0 Å². The minimum atomic E-state index is -3.91. The summed E-state index contributed by atoms with van der Waals surface area (Å²) in [5.41, 5.74) is 3.92. The second-order valence-corrected chi connectivity index (χ2v) is 13.6. The molecule has 2 heterocycles. The Balaban J connectivity index is 1.74. The summed E-state index contributed by atoms with van der Waals surface area (Å²) >= 11 is 0. The summed E-state index contributed by atoms with van der Waals surface area (Å²) in [5.74, 6) is -0.610. The van der Waals surface area contributed by atoms with Gasteiger partial charge in [-0.25, -0.2) is 4.72 Å². The van der Waals surface area contributed by atoms with E-state index in [1.807, 2.05) is 35.8 Å². The molecule has 1 amide bonds. The normalized spacial score (nSPS) is 16.9. The molecule has 2 fully saturated rings. The van der Waals surface area contributed by atoms with Gasteiger partial charge in [0.05, 0.1) is 18.2 Å². The van der Waals surface area contributed by atoms with Crippen molar-refractivity contribution in [2.24, 2.45) is 5.41 Å². The van der Waals surface area contributed by atoms with Gasteiger partial charge in [0.25, 0.3) is 5.91 Å². The molecule has 0 radical (unpaired) electrons. The third kappa shape index (κ3) is 5.59. The Morgan fingerprint density at radius 3 is 2.34 bits per heavy atom. The van der Waals surface area contributed by atoms with Crippen LogP contribution in [0.25, 0.3) is 22.2 Å². The molecule has 10 heteroatoms. The van der Waals surface area contributed by atoms with E-state index in [-0.39, 0.29) is 18.0 Å². The highest BCUT2D eigenvalue weighted by Crippen LogP contribution is 2.46. The third-order valence-corrected chi connectivity index (χ3v) is 10.1. The van der Waals surface area contributed by atoms with Crippen LogP contribution < -0.4 is 9.46 Å². The van der Waals surface area contributed by atoms with Gasteiger partial charge in [-0.3, -0.25) is 9.59 Å². The van der Waals surface area contributed by atoms with Crippen molar-refractivity contribution in [1.82, 2.24) is 13.6 Å². The summed E-state index contributed by atoms with van der Waals surface area (Å²) in [6.45, 7) is 6.37. The van der Waals surface area contributed by atoms with Crippen molar-refractivity contribution in [1.29, 1.82) is 0 Å². The summed E-state index contributed by atoms with van der Waals surface area (Å²) in [6, 6.07) is 11.2. The summed E-state index contributed by atoms with van der Waals surface area (Å²) in [6.07, 6.45) is 6.25. The highest BCUT2D eigenvalue weighted by atomic mass is 32.2. The SMILES string of the molecule is COc1ccc(-c2c(C3CCCCC3)c3ccc(C(=O)NS(=O)(=O)N4CCC4)cc3n2CC(C)(C)C(=O)O)c(C)c1. The number of aliphatic carboxylic acids is 1. The number of aryl methyl sites for hydroxylation is 1. The number of carboxylic acids is 1. The number of carbonyl (C=O) groups is 2. The van der Waals surface area contributed by atoms with Crippen molar-refractivity contribution in [2.75, 3.05) is 20.2 Å². The van der Waals surface area contributed by atoms with E-state index in [4.69, 9.17) is 4.74 Å². The number of ether oxygens (including phenoxy) is 1. The van der Waals surface area contributed by atoms with Gasteiger partial charge in [-0.2, -0.15) is 12.7 Å². The standard InChI is InChI=1S/C31H39N3O6S/c1-20-17-23(40-4)12-14-24(20)28-27(21-9-6-5-7-10-21)25-13-11-22(29(35)32-41(38,39)33-15-8-16-33)18-26(25)34(28)19-31(2,3)30(36)37/h11-14,17-18,21H,5-10,15-16,19H2,1-4H3,(H,32,35)(H,36,37). The number of fused-ring (bicyclic) bond motifs is 1. The lowest BCUT2D eigenvalue weighted by Crippen LogP contribution is -2.49. The van der Waals surface area contributed by atoms with E-state index < -0.39 is 27.5 Å². The number of carboxylic acid groups (broad SMARTS) is 1. The fraction of sp³-hybridized carbons (Fsp3) is 0.484. The Kier molecular flexibility index (Phi) is 7.91. The molecule has 0 atom stereocenters. The van der Waals surface area contributed by atoms with Crippen molar-refractivity contribution in [3.05, 3.63) is 53.1 Å². The first-order valence-corrected chi connectivity index (χ1v) is 15.7. The number of hydrogen-bond acceptors (Lipinski definition) is 5. The van der Waals surface area contributed by atoms with Crippen LogP contribution in [-0.4, -0.2) is 54.5 Å². The Morgan fingerprint density at radius 1 is 1.05 bits per heavy atom. The number of carbonyl (C=O) groups excluding carboxylic acids is 1. The van der Waals surface area contributed by atoms with Gasteiger partial charge in [0, 0.05) is 41.7 Å². The van der Waals surface area contributed by atoms with Crippen molar-refractivity contribution >= 4 is 33.0 Å². The van der Waals surface area contributed by atoms with Crippen molar-refractivity contribution in [3.63, 3.8) is 0 Å². The molecular formula is C31H39N3O6S. The quantitative estimate of drug-likeness (QED) is 0.346. The summed E-state index contributed by atoms with van der Waals surface area (Å²) in [7, 11) is -2.28. The highest BCUT2D eigenvalue weighted by molar-refractivity contribution is 7.87. The number of nitrogens with zero attached hydrogens (tertiary/aromatic N) is 2. The number of amides is 1. The largest absolute Gasteiger partial charge is 0.497 e. The molecule has 1 aromatic heterocycles. The second kappa shape index (κ2) is 11.1. The molecule has 0 unspecified atom stereocenters. The van der Waals surface area contributed by atoms with Crippen LogP contribution in [0.15, 0.2) is 36.4 Å². The molecule has 1 aliphatic carbocycles. The molecule has 3 aromatic rings. The predicted molar refractivity (Wildman–Crippen MR) is 158 cm³/mol. The van der Waals surface area contributed by atoms with Gasteiger partial charge in [0.2, 0.25) is 0 Å². The van der Waals surface area contributed by atoms with Crippen LogP contribution in [0.5, 0.6) is 5.75 Å². The van der Waals surface area contributed by atoms with Crippen molar-refractivity contribution < 1.29 is 27.9 Å². The lowest BCUT2D eigenvalue weighted by atomic mass is 9.81. The maximum absolute atomic E-state index is 13.2. The van der Waals surface area contributed by atoms with Gasteiger partial charge in [-0.05, 0) is 87.4 Å². The first kappa shape index (κ1) is 29.1. The second-order valence-electron chi connectivity index (χ2n) is 12.0. The fourth-order valence-electron chi connectivity index (χ4n) is 6.04. The van der Waals surface area contributed by atoms with Gasteiger partial charge in [0.15, 0.2) is 0 Å². The lowest BCUT2D eigenvalue weighted by Gasteiger charge is -2.29. The van der Waals surface area contributed by atoms with Gasteiger partial charge in [-0.15, -0.1) is 0 Å². The molecule has 2 N–H and O–H groups in total. The van der Waals surface area contributed by atoms with E-state index in [0.717, 1.165) is 71.1 Å². The molecule has 0 bridgehead atoms. The highest BCUT2D eigenvalue weighted by Gasteiger charge is 2.34. The average Bonchev–Trinajstić information content (AvgIpc) is 3.19. The predicted octanol–water partition coefficient (Wildman–Crippen LogP) is 5.46. The molecule has 41 heavy (non-hydrogen) atoms. The summed E-state index contributed by atoms with van der Waals surface area (Å²) in [5, 5.41) is 11.1. The average molecular weight is 582 g/mol. The maximum Gasteiger partial charge on any atom is 0.310 e. The minimum Gasteiger partial charge on any atom is -0.497 e. The molecule has 1 saturated heterocycles. The Hall–Kier alpha value is -3.37. The number of methoxy groups -OCH3 is 1. The maximum atomic E-state index is 13.2. The minimum absolute atomic E-state index is 0.170. The molecule has 5 rings (SSSR count). The molecule has 2 aliphatic rings. The van der Waals surface area contributed by atoms with Gasteiger partial charge >= 0.3 is 16.2 Å². The van der Waals surface area contributed by atoms with E-state index in [2.05, 4.69) is 4.72 Å². The zero-order valence-corrected chi connectivity index (χ0v) is 25.0. The first-order chi connectivity index (χ1) is 19.4. The van der Waals surface area contributed by atoms with E-state index in [9.17, 15) is 23.1 Å². The Morgan fingerprint density at radius 2 is 1.76 bits per heavy atom. The molecule has 1 aliphatic heterocycles. The van der Waals surface area contributed by atoms with E-state index in [1.165, 1.54) is 10.7 Å². The number of rotatable bonds is 9. The van der Waals surface area contributed by atoms with Crippen LogP contribution >= 0.6 is 0 Å².